The Morgan fingerprint density at radius 2 is 1.54 bits per heavy atom. The van der Waals surface area contributed by atoms with Crippen LogP contribution in [0.15, 0.2) is 0 Å². The molecule has 0 aliphatic heterocycles. The van der Waals surface area contributed by atoms with E-state index in [1.165, 1.54) is 0 Å². The molecule has 0 atom stereocenters. The number of hydrogen-bond donors (Lipinski definition) is 6. The zero-order chi connectivity index (χ0) is 10.7. The van der Waals surface area contributed by atoms with E-state index in [4.69, 9.17) is 20.0 Å². The molecule has 0 heterocycles. The predicted molar refractivity (Wildman–Crippen MR) is 49.2 cm³/mol. The van der Waals surface area contributed by atoms with Crippen LogP contribution < -0.4 is 5.32 Å². The van der Waals surface area contributed by atoms with E-state index in [9.17, 15) is 4.57 Å². The van der Waals surface area contributed by atoms with Gasteiger partial charge in [0.2, 0.25) is 0 Å². The van der Waals surface area contributed by atoms with Gasteiger partial charge >= 0.3 is 7.82 Å². The Labute approximate surface area is 81.6 Å². The van der Waals surface area contributed by atoms with Crippen molar-refractivity contribution in [3.63, 3.8) is 0 Å². The summed E-state index contributed by atoms with van der Waals surface area (Å²) < 4.78 is 12.7. The first-order valence-electron chi connectivity index (χ1n) is 3.29. The Balaban J connectivity index is 0. The smallest absolute Gasteiger partial charge is 0.395 e. The molecule has 0 spiro atoms. The molecule has 5 N–H and O–H groups in total. The van der Waals surface area contributed by atoms with Crippen LogP contribution in [-0.2, 0) is 8.54 Å². The lowest BCUT2D eigenvalue weighted by Crippen LogP contribution is -2.21. The van der Waals surface area contributed by atoms with Crippen molar-refractivity contribution in [2.75, 3.05) is 26.3 Å². The highest BCUT2D eigenvalue weighted by Crippen LogP contribution is 2.36. The number of aliphatic hydroxyl groups excluding tert-OH is 2. The van der Waals surface area contributed by atoms with Crippen LogP contribution in [0.25, 0.3) is 0 Å². The molecular weight excluding hydrogens is 221 g/mol. The molecule has 0 saturated carbocycles. The molecule has 0 aliphatic rings. The molecule has 7 nitrogen and oxygen atoms in total. The molecule has 0 aromatic rings. The van der Waals surface area contributed by atoms with Gasteiger partial charge in [-0.25, -0.2) is 8.54 Å². The van der Waals surface area contributed by atoms with Crippen LogP contribution in [0.4, 0.5) is 0 Å². The van der Waals surface area contributed by atoms with Gasteiger partial charge in [-0.1, -0.05) is 0 Å². The lowest BCUT2D eigenvalue weighted by Gasteiger charge is -1.94. The SMILES string of the molecule is O=P(O)(O)OS.OCCNCCO. The fourth-order valence-corrected chi connectivity index (χ4v) is 0.283. The van der Waals surface area contributed by atoms with Gasteiger partial charge in [-0.15, -0.1) is 0 Å². The van der Waals surface area contributed by atoms with Crippen molar-refractivity contribution in [3.8, 4) is 0 Å². The van der Waals surface area contributed by atoms with E-state index >= 15 is 0 Å². The molecule has 0 bridgehead atoms. The van der Waals surface area contributed by atoms with E-state index in [1.54, 1.807) is 0 Å². The van der Waals surface area contributed by atoms with Crippen LogP contribution in [0, 0.1) is 0 Å². The second kappa shape index (κ2) is 10.4. The maximum atomic E-state index is 9.40. The van der Waals surface area contributed by atoms with E-state index in [1.807, 2.05) is 0 Å². The highest BCUT2D eigenvalue weighted by molar-refractivity contribution is 7.80. The van der Waals surface area contributed by atoms with Crippen molar-refractivity contribution in [1.29, 1.82) is 0 Å². The molecule has 0 amide bonds. The Kier molecular flexibility index (Phi) is 12.7. The van der Waals surface area contributed by atoms with Gasteiger partial charge < -0.3 is 25.3 Å². The topological polar surface area (TPSA) is 119 Å². The minimum absolute atomic E-state index is 0.139. The summed E-state index contributed by atoms with van der Waals surface area (Å²) in [6.07, 6.45) is 0. The monoisotopic (exact) mass is 235 g/mol. The maximum Gasteiger partial charge on any atom is 0.480 e. The zero-order valence-electron chi connectivity index (χ0n) is 6.83. The van der Waals surface area contributed by atoms with Gasteiger partial charge in [-0.2, -0.15) is 0 Å². The van der Waals surface area contributed by atoms with E-state index in [-0.39, 0.29) is 13.2 Å². The highest BCUT2D eigenvalue weighted by atomic mass is 32.1. The number of rotatable bonds is 5. The van der Waals surface area contributed by atoms with Gasteiger partial charge in [0.1, 0.15) is 0 Å². The van der Waals surface area contributed by atoms with Crippen LogP contribution in [0.2, 0.25) is 0 Å². The van der Waals surface area contributed by atoms with E-state index in [0.717, 1.165) is 0 Å². The molecule has 0 aromatic carbocycles. The molecule has 0 unspecified atom stereocenters. The molecule has 0 aromatic heterocycles. The Morgan fingerprint density at radius 3 is 1.69 bits per heavy atom. The minimum Gasteiger partial charge on any atom is -0.395 e. The quantitative estimate of drug-likeness (QED) is 0.148. The molecule has 13 heavy (non-hydrogen) atoms. The minimum atomic E-state index is -4.28. The summed E-state index contributed by atoms with van der Waals surface area (Å²) in [5, 5.41) is 19.1. The Morgan fingerprint density at radius 1 is 1.23 bits per heavy atom. The van der Waals surface area contributed by atoms with E-state index < -0.39 is 7.82 Å². The average molecular weight is 235 g/mol. The number of phosphoric acid groups is 1. The lowest BCUT2D eigenvalue weighted by molar-refractivity contribution is 0.266. The summed E-state index contributed by atoms with van der Waals surface area (Å²) in [4.78, 5) is 15.3. The predicted octanol–water partition coefficient (Wildman–Crippen LogP) is -1.50. The summed E-state index contributed by atoms with van der Waals surface area (Å²) in [5.41, 5.74) is 0. The van der Waals surface area contributed by atoms with Gasteiger partial charge in [0.25, 0.3) is 0 Å². The number of thiol groups is 1. The van der Waals surface area contributed by atoms with Gasteiger partial charge in [0.05, 0.1) is 13.2 Å². The Bertz CT molecular complexity index is 137. The number of hydrogen-bond acceptors (Lipinski definition) is 6. The van der Waals surface area contributed by atoms with Crippen molar-refractivity contribution < 1.29 is 28.5 Å². The second-order valence-corrected chi connectivity index (χ2v) is 3.40. The summed E-state index contributed by atoms with van der Waals surface area (Å²) >= 11 is 2.84. The largest absolute Gasteiger partial charge is 0.480 e. The summed E-state index contributed by atoms with van der Waals surface area (Å²) in [6, 6.07) is 0. The molecule has 0 saturated heterocycles. The zero-order valence-corrected chi connectivity index (χ0v) is 8.62. The van der Waals surface area contributed by atoms with Crippen molar-refractivity contribution >= 4 is 20.7 Å². The summed E-state index contributed by atoms with van der Waals surface area (Å²) in [5.74, 6) is 0. The first kappa shape index (κ1) is 15.8. The van der Waals surface area contributed by atoms with Gasteiger partial charge in [-0.05, 0) is 12.9 Å². The molecule has 9 heteroatoms. The molecule has 0 rings (SSSR count). The van der Waals surface area contributed by atoms with Crippen LogP contribution in [-0.4, -0.2) is 46.3 Å². The fraction of sp³-hybridized carbons (Fsp3) is 1.00. The van der Waals surface area contributed by atoms with E-state index in [0.29, 0.717) is 13.1 Å². The van der Waals surface area contributed by atoms with Crippen LogP contribution in [0.5, 0.6) is 0 Å². The summed E-state index contributed by atoms with van der Waals surface area (Å²) in [6.45, 7) is 1.42. The molecule has 82 valence electrons. The van der Waals surface area contributed by atoms with Crippen molar-refractivity contribution in [3.05, 3.63) is 0 Å². The van der Waals surface area contributed by atoms with Crippen LogP contribution >= 0.6 is 20.7 Å². The van der Waals surface area contributed by atoms with Crippen LogP contribution in [0.1, 0.15) is 0 Å². The number of nitrogens with one attached hydrogen (secondary N) is 1. The standard InChI is InChI=1S/C4H11NO2.H3O4PS/c6-3-1-5-2-4-7;1-5(2,3)4-6/h5-7H,1-4H2;6H,(H2,1,2,3). The highest BCUT2D eigenvalue weighted by Gasteiger charge is 2.08. The lowest BCUT2D eigenvalue weighted by atomic mass is 10.6. The molecule has 0 fully saturated rings. The van der Waals surface area contributed by atoms with Gasteiger partial charge in [0.15, 0.2) is 0 Å². The first-order valence-corrected chi connectivity index (χ1v) is 5.18. The Hall–Kier alpha value is 0.340. The van der Waals surface area contributed by atoms with E-state index in [2.05, 4.69) is 22.2 Å². The second-order valence-electron chi connectivity index (χ2n) is 1.77. The van der Waals surface area contributed by atoms with Crippen molar-refractivity contribution in [2.45, 2.75) is 0 Å². The maximum absolute atomic E-state index is 9.40. The first-order chi connectivity index (χ1) is 5.97. The van der Waals surface area contributed by atoms with Gasteiger partial charge in [0, 0.05) is 13.1 Å². The molecule has 0 radical (unpaired) electrons. The fourth-order valence-electron chi connectivity index (χ4n) is 0.283. The molecular formula is C4H14NO6PS. The number of aliphatic hydroxyl groups is 2. The van der Waals surface area contributed by atoms with Crippen molar-refractivity contribution in [2.24, 2.45) is 0 Å². The summed E-state index contributed by atoms with van der Waals surface area (Å²) in [7, 11) is -4.28. The third-order valence-electron chi connectivity index (χ3n) is 0.684. The normalized spacial score (nSPS) is 10.5. The van der Waals surface area contributed by atoms with Gasteiger partial charge in [-0.3, -0.25) is 0 Å². The van der Waals surface area contributed by atoms with Crippen LogP contribution in [0.3, 0.4) is 0 Å². The third-order valence-corrected chi connectivity index (χ3v) is 1.53. The molecule has 0 aliphatic carbocycles. The van der Waals surface area contributed by atoms with Crippen molar-refractivity contribution in [1.82, 2.24) is 5.32 Å². The third kappa shape index (κ3) is 24.5. The average Bonchev–Trinajstić information content (AvgIpc) is 2.06.